The van der Waals surface area contributed by atoms with E-state index in [4.69, 9.17) is 9.15 Å². The van der Waals surface area contributed by atoms with E-state index in [9.17, 15) is 14.7 Å². The molecule has 6 nitrogen and oxygen atoms in total. The molecule has 1 atom stereocenters. The molecule has 1 unspecified atom stereocenters. The third-order valence-electron chi connectivity index (χ3n) is 2.81. The Hall–Kier alpha value is -1.82. The van der Waals surface area contributed by atoms with E-state index in [0.717, 1.165) is 0 Å². The van der Waals surface area contributed by atoms with Crippen molar-refractivity contribution in [2.45, 2.75) is 32.3 Å². The van der Waals surface area contributed by atoms with Crippen LogP contribution < -0.4 is 10.4 Å². The minimum absolute atomic E-state index is 0.175. The summed E-state index contributed by atoms with van der Waals surface area (Å²) in [4.78, 5) is 22.3. The van der Waals surface area contributed by atoms with Gasteiger partial charge in [0, 0.05) is 12.0 Å². The maximum absolute atomic E-state index is 11.3. The Morgan fingerprint density at radius 1 is 1.47 bits per heavy atom. The molecule has 0 fully saturated rings. The van der Waals surface area contributed by atoms with Crippen molar-refractivity contribution in [3.05, 3.63) is 27.8 Å². The minimum atomic E-state index is -0.951. The van der Waals surface area contributed by atoms with Crippen molar-refractivity contribution in [2.75, 3.05) is 14.2 Å². The molecule has 0 aliphatic carbocycles. The zero-order chi connectivity index (χ0) is 14.4. The highest BCUT2D eigenvalue weighted by atomic mass is 16.5. The van der Waals surface area contributed by atoms with Crippen LogP contribution in [0, 0.1) is 6.92 Å². The molecule has 19 heavy (non-hydrogen) atoms. The second-order valence-corrected chi connectivity index (χ2v) is 4.11. The van der Waals surface area contributed by atoms with Crippen LogP contribution in [0.2, 0.25) is 0 Å². The van der Waals surface area contributed by atoms with E-state index in [1.165, 1.54) is 20.3 Å². The molecular weight excluding hydrogens is 252 g/mol. The number of carbonyl (C=O) groups is 1. The Balaban J connectivity index is 2.76. The summed E-state index contributed by atoms with van der Waals surface area (Å²) < 4.78 is 14.5. The van der Waals surface area contributed by atoms with Crippen LogP contribution in [-0.4, -0.2) is 25.3 Å². The fraction of sp³-hybridized carbons (Fsp3) is 0.538. The van der Waals surface area contributed by atoms with Crippen molar-refractivity contribution < 1.29 is 23.8 Å². The van der Waals surface area contributed by atoms with Gasteiger partial charge in [-0.2, -0.15) is 0 Å². The minimum Gasteiger partial charge on any atom is -0.496 e. The number of ether oxygens (including phenoxy) is 2. The van der Waals surface area contributed by atoms with Crippen molar-refractivity contribution in [1.82, 2.24) is 0 Å². The van der Waals surface area contributed by atoms with Crippen molar-refractivity contribution in [3.8, 4) is 5.75 Å². The fourth-order valence-electron chi connectivity index (χ4n) is 1.75. The van der Waals surface area contributed by atoms with E-state index >= 15 is 0 Å². The molecule has 6 heteroatoms. The summed E-state index contributed by atoms with van der Waals surface area (Å²) in [6.45, 7) is 1.70. The highest BCUT2D eigenvalue weighted by molar-refractivity contribution is 5.68. The average molecular weight is 270 g/mol. The summed E-state index contributed by atoms with van der Waals surface area (Å²) in [5.41, 5.74) is -0.00265. The summed E-state index contributed by atoms with van der Waals surface area (Å²) in [7, 11) is 2.75. The Morgan fingerprint density at radius 2 is 2.16 bits per heavy atom. The Bertz CT molecular complexity index is 490. The van der Waals surface area contributed by atoms with Gasteiger partial charge in [-0.25, -0.2) is 4.79 Å². The number of methoxy groups -OCH3 is 2. The summed E-state index contributed by atoms with van der Waals surface area (Å²) in [6.07, 6.45) is -0.00594. The number of carbonyl (C=O) groups excluding carboxylic acids is 1. The van der Waals surface area contributed by atoms with Gasteiger partial charge in [-0.15, -0.1) is 0 Å². The molecule has 0 spiro atoms. The van der Waals surface area contributed by atoms with E-state index in [0.29, 0.717) is 24.2 Å². The first-order chi connectivity index (χ1) is 8.99. The van der Waals surface area contributed by atoms with Crippen molar-refractivity contribution in [3.63, 3.8) is 0 Å². The molecule has 0 radical (unpaired) electrons. The Labute approximate surface area is 111 Å². The van der Waals surface area contributed by atoms with Gasteiger partial charge in [-0.1, -0.05) is 0 Å². The molecule has 0 saturated carbocycles. The van der Waals surface area contributed by atoms with Crippen LogP contribution in [0.1, 0.15) is 36.7 Å². The number of hydrogen-bond acceptors (Lipinski definition) is 6. The molecule has 1 aromatic rings. The van der Waals surface area contributed by atoms with Crippen LogP contribution in [0.5, 0.6) is 5.75 Å². The highest BCUT2D eigenvalue weighted by Crippen LogP contribution is 2.26. The van der Waals surface area contributed by atoms with Gasteiger partial charge >= 0.3 is 11.6 Å². The SMILES string of the molecule is COC(=O)CCCC(O)c1oc(=O)cc(OC)c1C. The predicted molar refractivity (Wildman–Crippen MR) is 67.1 cm³/mol. The molecule has 1 heterocycles. The third kappa shape index (κ3) is 4.10. The first-order valence-corrected chi connectivity index (χ1v) is 5.93. The van der Waals surface area contributed by atoms with Crippen LogP contribution in [0.4, 0.5) is 0 Å². The second-order valence-electron chi connectivity index (χ2n) is 4.11. The van der Waals surface area contributed by atoms with Crippen LogP contribution in [0.15, 0.2) is 15.3 Å². The van der Waals surface area contributed by atoms with Crippen LogP contribution in [0.3, 0.4) is 0 Å². The lowest BCUT2D eigenvalue weighted by molar-refractivity contribution is -0.140. The highest BCUT2D eigenvalue weighted by Gasteiger charge is 2.18. The maximum Gasteiger partial charge on any atom is 0.339 e. The van der Waals surface area contributed by atoms with Crippen LogP contribution >= 0.6 is 0 Å². The monoisotopic (exact) mass is 270 g/mol. The van der Waals surface area contributed by atoms with E-state index in [-0.39, 0.29) is 18.2 Å². The van der Waals surface area contributed by atoms with Gasteiger partial charge in [-0.05, 0) is 19.8 Å². The van der Waals surface area contributed by atoms with Gasteiger partial charge in [0.2, 0.25) is 0 Å². The molecule has 1 rings (SSSR count). The average Bonchev–Trinajstić information content (AvgIpc) is 2.40. The number of hydrogen-bond donors (Lipinski definition) is 1. The zero-order valence-corrected chi connectivity index (χ0v) is 11.3. The molecule has 0 aliphatic heterocycles. The molecule has 0 aromatic carbocycles. The first kappa shape index (κ1) is 15.2. The maximum atomic E-state index is 11.3. The van der Waals surface area contributed by atoms with E-state index in [2.05, 4.69) is 4.74 Å². The molecule has 106 valence electrons. The van der Waals surface area contributed by atoms with Gasteiger partial charge in [0.1, 0.15) is 17.6 Å². The summed E-state index contributed by atoms with van der Waals surface area (Å²) in [5, 5.41) is 9.99. The van der Waals surface area contributed by atoms with Gasteiger partial charge in [0.15, 0.2) is 0 Å². The lowest BCUT2D eigenvalue weighted by atomic mass is 10.1. The molecule has 0 saturated heterocycles. The largest absolute Gasteiger partial charge is 0.496 e. The van der Waals surface area contributed by atoms with Crippen molar-refractivity contribution in [1.29, 1.82) is 0 Å². The smallest absolute Gasteiger partial charge is 0.339 e. The summed E-state index contributed by atoms with van der Waals surface area (Å²) in [6, 6.07) is 1.22. The van der Waals surface area contributed by atoms with E-state index < -0.39 is 11.7 Å². The fourth-order valence-corrected chi connectivity index (χ4v) is 1.75. The Kier molecular flexibility index (Phi) is 5.57. The summed E-state index contributed by atoms with van der Waals surface area (Å²) >= 11 is 0. The molecule has 1 aromatic heterocycles. The van der Waals surface area contributed by atoms with Crippen molar-refractivity contribution in [2.24, 2.45) is 0 Å². The zero-order valence-electron chi connectivity index (χ0n) is 11.3. The van der Waals surface area contributed by atoms with Gasteiger partial charge < -0.3 is 19.0 Å². The standard InChI is InChI=1S/C13H18O6/c1-8-10(17-2)7-12(16)19-13(8)9(14)5-4-6-11(15)18-3/h7,9,14H,4-6H2,1-3H3. The molecular formula is C13H18O6. The van der Waals surface area contributed by atoms with Crippen LogP contribution in [0.25, 0.3) is 0 Å². The lowest BCUT2D eigenvalue weighted by Gasteiger charge is -2.13. The second kappa shape index (κ2) is 6.94. The predicted octanol–water partition coefficient (Wildman–Crippen LogP) is 1.33. The van der Waals surface area contributed by atoms with Gasteiger partial charge in [0.05, 0.1) is 20.3 Å². The van der Waals surface area contributed by atoms with Crippen LogP contribution in [-0.2, 0) is 9.53 Å². The third-order valence-corrected chi connectivity index (χ3v) is 2.81. The van der Waals surface area contributed by atoms with E-state index in [1.807, 2.05) is 0 Å². The molecule has 0 amide bonds. The summed E-state index contributed by atoms with van der Waals surface area (Å²) in [5.74, 6) is 0.212. The quantitative estimate of drug-likeness (QED) is 0.785. The number of esters is 1. The topological polar surface area (TPSA) is 86.0 Å². The van der Waals surface area contributed by atoms with Crippen molar-refractivity contribution >= 4 is 5.97 Å². The molecule has 1 N–H and O–H groups in total. The number of aliphatic hydroxyl groups is 1. The molecule has 0 bridgehead atoms. The molecule has 0 aliphatic rings. The number of rotatable bonds is 6. The van der Waals surface area contributed by atoms with E-state index in [1.54, 1.807) is 6.92 Å². The first-order valence-electron chi connectivity index (χ1n) is 5.93. The Morgan fingerprint density at radius 3 is 2.74 bits per heavy atom. The number of aliphatic hydroxyl groups excluding tert-OH is 1. The lowest BCUT2D eigenvalue weighted by Crippen LogP contribution is -2.09. The normalized spacial score (nSPS) is 12.0. The van der Waals surface area contributed by atoms with Gasteiger partial charge in [-0.3, -0.25) is 4.79 Å². The van der Waals surface area contributed by atoms with Gasteiger partial charge in [0.25, 0.3) is 0 Å².